The van der Waals surface area contributed by atoms with Gasteiger partial charge in [0.15, 0.2) is 5.16 Å². The fraction of sp³-hybridized carbons (Fsp3) is 0.333. The van der Waals surface area contributed by atoms with E-state index in [0.717, 1.165) is 26.9 Å². The third-order valence-corrected chi connectivity index (χ3v) is 5.49. The smallest absolute Gasteiger partial charge is 0.263 e. The van der Waals surface area contributed by atoms with Gasteiger partial charge in [-0.1, -0.05) is 42.1 Å². The third kappa shape index (κ3) is 3.55. The first-order valence-electron chi connectivity index (χ1n) is 7.86. The van der Waals surface area contributed by atoms with Crippen LogP contribution in [0.2, 0.25) is 0 Å². The minimum atomic E-state index is 0.00683. The molecular formula is C18H20N2O2S2. The Hall–Kier alpha value is -1.63. The summed E-state index contributed by atoms with van der Waals surface area (Å²) in [6, 6.07) is 9.98. The van der Waals surface area contributed by atoms with Crippen molar-refractivity contribution in [2.24, 2.45) is 7.05 Å². The van der Waals surface area contributed by atoms with Crippen LogP contribution in [0.4, 0.5) is 0 Å². The normalized spacial score (nSPS) is 11.5. The number of aromatic nitrogens is 2. The predicted octanol–water partition coefficient (Wildman–Crippen LogP) is 4.18. The van der Waals surface area contributed by atoms with E-state index < -0.39 is 0 Å². The average molecular weight is 361 g/mol. The highest BCUT2D eigenvalue weighted by atomic mass is 32.2. The van der Waals surface area contributed by atoms with E-state index in [9.17, 15) is 4.79 Å². The first-order valence-corrected chi connectivity index (χ1v) is 9.72. The Balaban J connectivity index is 1.93. The summed E-state index contributed by atoms with van der Waals surface area (Å²) >= 11 is 3.08. The molecule has 3 aromatic rings. The molecule has 0 saturated heterocycles. The standard InChI is InChI=1S/C18H20N2O2S2/c1-12(2)22-9-10-23-18-19-16-15(17(21)20(18)3)14(11-24-16)13-7-5-4-6-8-13/h4-8,11-12H,9-10H2,1-3H3. The second kappa shape index (κ2) is 7.51. The van der Waals surface area contributed by atoms with Crippen LogP contribution in [0.1, 0.15) is 13.8 Å². The molecule has 0 aliphatic heterocycles. The van der Waals surface area contributed by atoms with Gasteiger partial charge < -0.3 is 4.74 Å². The van der Waals surface area contributed by atoms with Crippen LogP contribution in [-0.2, 0) is 11.8 Å². The number of hydrogen-bond donors (Lipinski definition) is 0. The molecule has 1 aromatic carbocycles. The lowest BCUT2D eigenvalue weighted by atomic mass is 10.1. The van der Waals surface area contributed by atoms with Crippen molar-refractivity contribution in [1.82, 2.24) is 9.55 Å². The lowest BCUT2D eigenvalue weighted by molar-refractivity contribution is 0.0920. The number of nitrogens with zero attached hydrogens (tertiary/aromatic N) is 2. The summed E-state index contributed by atoms with van der Waals surface area (Å²) < 4.78 is 7.19. The molecule has 0 spiro atoms. The molecule has 0 N–H and O–H groups in total. The van der Waals surface area contributed by atoms with Crippen molar-refractivity contribution < 1.29 is 4.74 Å². The van der Waals surface area contributed by atoms with E-state index in [1.165, 1.54) is 11.3 Å². The maximum atomic E-state index is 12.8. The largest absolute Gasteiger partial charge is 0.378 e. The lowest BCUT2D eigenvalue weighted by Crippen LogP contribution is -2.20. The van der Waals surface area contributed by atoms with Crippen molar-refractivity contribution in [3.8, 4) is 11.1 Å². The molecule has 4 nitrogen and oxygen atoms in total. The van der Waals surface area contributed by atoms with Gasteiger partial charge >= 0.3 is 0 Å². The fourth-order valence-electron chi connectivity index (χ4n) is 2.43. The summed E-state index contributed by atoms with van der Waals surface area (Å²) in [7, 11) is 1.78. The molecule has 0 atom stereocenters. The Labute approximate surface area is 149 Å². The van der Waals surface area contributed by atoms with Gasteiger partial charge in [-0.2, -0.15) is 0 Å². The van der Waals surface area contributed by atoms with Crippen LogP contribution < -0.4 is 5.56 Å². The van der Waals surface area contributed by atoms with Gasteiger partial charge in [-0.25, -0.2) is 4.98 Å². The number of rotatable bonds is 6. The van der Waals surface area contributed by atoms with Crippen LogP contribution in [0.3, 0.4) is 0 Å². The van der Waals surface area contributed by atoms with E-state index in [-0.39, 0.29) is 11.7 Å². The van der Waals surface area contributed by atoms with Crippen molar-refractivity contribution in [3.05, 3.63) is 46.1 Å². The molecule has 0 saturated carbocycles. The molecule has 0 fully saturated rings. The number of hydrogen-bond acceptors (Lipinski definition) is 5. The molecule has 2 heterocycles. The first kappa shape index (κ1) is 17.2. The Morgan fingerprint density at radius 3 is 2.75 bits per heavy atom. The van der Waals surface area contributed by atoms with E-state index in [0.29, 0.717) is 12.0 Å². The summed E-state index contributed by atoms with van der Waals surface area (Å²) in [4.78, 5) is 18.3. The van der Waals surface area contributed by atoms with Crippen molar-refractivity contribution in [2.75, 3.05) is 12.4 Å². The molecule has 0 aliphatic rings. The highest BCUT2D eigenvalue weighted by Gasteiger charge is 2.15. The Kier molecular flexibility index (Phi) is 5.38. The zero-order valence-electron chi connectivity index (χ0n) is 14.0. The summed E-state index contributed by atoms with van der Waals surface area (Å²) in [6.07, 6.45) is 0.218. The lowest BCUT2D eigenvalue weighted by Gasteiger charge is -2.09. The number of fused-ring (bicyclic) bond motifs is 1. The summed E-state index contributed by atoms with van der Waals surface area (Å²) in [6.45, 7) is 4.68. The van der Waals surface area contributed by atoms with Crippen LogP contribution in [0.15, 0.2) is 45.7 Å². The van der Waals surface area contributed by atoms with Gasteiger partial charge in [0.25, 0.3) is 5.56 Å². The van der Waals surface area contributed by atoms with Crippen molar-refractivity contribution in [2.45, 2.75) is 25.1 Å². The number of ether oxygens (including phenoxy) is 1. The predicted molar refractivity (Wildman–Crippen MR) is 102 cm³/mol. The monoisotopic (exact) mass is 360 g/mol. The minimum absolute atomic E-state index is 0.00683. The first-order chi connectivity index (χ1) is 11.6. The van der Waals surface area contributed by atoms with Crippen molar-refractivity contribution in [3.63, 3.8) is 0 Å². The van der Waals surface area contributed by atoms with Crippen molar-refractivity contribution >= 4 is 33.3 Å². The van der Waals surface area contributed by atoms with Crippen LogP contribution in [0.5, 0.6) is 0 Å². The second-order valence-electron chi connectivity index (χ2n) is 5.72. The molecule has 0 unspecified atom stereocenters. The van der Waals surface area contributed by atoms with E-state index in [2.05, 4.69) is 4.98 Å². The summed E-state index contributed by atoms with van der Waals surface area (Å²) in [5, 5.41) is 3.46. The highest BCUT2D eigenvalue weighted by molar-refractivity contribution is 7.99. The van der Waals surface area contributed by atoms with Crippen LogP contribution >= 0.6 is 23.1 Å². The Bertz CT molecular complexity index is 885. The Morgan fingerprint density at radius 1 is 1.29 bits per heavy atom. The molecule has 24 heavy (non-hydrogen) atoms. The molecule has 6 heteroatoms. The van der Waals surface area contributed by atoms with Gasteiger partial charge in [0.2, 0.25) is 0 Å². The molecule has 0 aliphatic carbocycles. The van der Waals surface area contributed by atoms with Gasteiger partial charge in [0.1, 0.15) is 4.83 Å². The fourth-order valence-corrected chi connectivity index (χ4v) is 4.22. The molecule has 0 amide bonds. The van der Waals surface area contributed by atoms with Crippen LogP contribution in [0.25, 0.3) is 21.3 Å². The van der Waals surface area contributed by atoms with Gasteiger partial charge in [-0.3, -0.25) is 9.36 Å². The van der Waals surface area contributed by atoms with Crippen LogP contribution in [-0.4, -0.2) is 28.0 Å². The highest BCUT2D eigenvalue weighted by Crippen LogP contribution is 2.31. The second-order valence-corrected chi connectivity index (χ2v) is 7.64. The topological polar surface area (TPSA) is 44.1 Å². The number of benzene rings is 1. The van der Waals surface area contributed by atoms with E-state index in [1.807, 2.05) is 49.6 Å². The minimum Gasteiger partial charge on any atom is -0.378 e. The molecule has 3 rings (SSSR count). The van der Waals surface area contributed by atoms with Gasteiger partial charge in [-0.15, -0.1) is 11.3 Å². The van der Waals surface area contributed by atoms with E-state index in [1.54, 1.807) is 23.4 Å². The van der Waals surface area contributed by atoms with Gasteiger partial charge in [0.05, 0.1) is 18.1 Å². The van der Waals surface area contributed by atoms with Gasteiger partial charge in [-0.05, 0) is 19.4 Å². The summed E-state index contributed by atoms with van der Waals surface area (Å²) in [5.41, 5.74) is 2.02. The SMILES string of the molecule is CC(C)OCCSc1nc2scc(-c3ccccc3)c2c(=O)n1C. The third-order valence-electron chi connectivity index (χ3n) is 3.62. The quantitative estimate of drug-likeness (QED) is 0.376. The van der Waals surface area contributed by atoms with E-state index >= 15 is 0 Å². The maximum absolute atomic E-state index is 12.8. The zero-order chi connectivity index (χ0) is 17.1. The van der Waals surface area contributed by atoms with E-state index in [4.69, 9.17) is 4.74 Å². The van der Waals surface area contributed by atoms with Gasteiger partial charge in [0, 0.05) is 23.7 Å². The molecule has 2 aromatic heterocycles. The number of thiophene rings is 1. The molecule has 0 radical (unpaired) electrons. The summed E-state index contributed by atoms with van der Waals surface area (Å²) in [5.74, 6) is 0.779. The average Bonchev–Trinajstić information content (AvgIpc) is 3.00. The Morgan fingerprint density at radius 2 is 2.04 bits per heavy atom. The molecule has 0 bridgehead atoms. The number of thioether (sulfide) groups is 1. The maximum Gasteiger partial charge on any atom is 0.263 e. The van der Waals surface area contributed by atoms with Crippen molar-refractivity contribution in [1.29, 1.82) is 0 Å². The zero-order valence-corrected chi connectivity index (χ0v) is 15.6. The van der Waals surface area contributed by atoms with Crippen LogP contribution in [0, 0.1) is 0 Å². The molecular weight excluding hydrogens is 340 g/mol. The molecule has 126 valence electrons.